The Labute approximate surface area is 171 Å². The molecule has 0 saturated heterocycles. The number of amides is 1. The summed E-state index contributed by atoms with van der Waals surface area (Å²) in [4.78, 5) is 12.8. The second-order valence-electron chi connectivity index (χ2n) is 7.44. The van der Waals surface area contributed by atoms with E-state index in [1.54, 1.807) is 24.3 Å². The molecular formula is C21H26N2O5S. The lowest BCUT2D eigenvalue weighted by atomic mass is 10.2. The van der Waals surface area contributed by atoms with Gasteiger partial charge in [0.2, 0.25) is 10.0 Å². The minimum Gasteiger partial charge on any atom is -0.495 e. The molecule has 8 heteroatoms. The van der Waals surface area contributed by atoms with Crippen LogP contribution in [0.4, 0.5) is 5.69 Å². The Balaban J connectivity index is 1.80. The van der Waals surface area contributed by atoms with Crippen LogP contribution in [0.3, 0.4) is 0 Å². The molecule has 3 rings (SSSR count). The van der Waals surface area contributed by atoms with Crippen molar-refractivity contribution in [1.29, 1.82) is 0 Å². The van der Waals surface area contributed by atoms with E-state index in [1.165, 1.54) is 25.3 Å². The van der Waals surface area contributed by atoms with Gasteiger partial charge in [0, 0.05) is 11.6 Å². The molecule has 1 aliphatic carbocycles. The molecule has 2 N–H and O–H groups in total. The number of hydrogen-bond donors (Lipinski definition) is 2. The number of benzene rings is 2. The number of rotatable bonds is 9. The maximum Gasteiger partial charge on any atom is 0.255 e. The summed E-state index contributed by atoms with van der Waals surface area (Å²) in [5.41, 5.74) is 0.683. The molecule has 0 spiro atoms. The van der Waals surface area contributed by atoms with E-state index in [0.717, 1.165) is 12.8 Å². The van der Waals surface area contributed by atoms with Gasteiger partial charge in [-0.2, -0.15) is 0 Å². The monoisotopic (exact) mass is 418 g/mol. The Hall–Kier alpha value is -2.58. The van der Waals surface area contributed by atoms with Crippen molar-refractivity contribution in [1.82, 2.24) is 4.72 Å². The molecule has 156 valence electrons. The highest BCUT2D eigenvalue weighted by atomic mass is 32.2. The van der Waals surface area contributed by atoms with Gasteiger partial charge in [-0.3, -0.25) is 4.79 Å². The minimum absolute atomic E-state index is 0.00581. The van der Waals surface area contributed by atoms with E-state index in [-0.39, 0.29) is 22.5 Å². The largest absolute Gasteiger partial charge is 0.495 e. The third-order valence-electron chi connectivity index (χ3n) is 4.31. The van der Waals surface area contributed by atoms with Crippen molar-refractivity contribution in [3.8, 4) is 11.5 Å². The lowest BCUT2D eigenvalue weighted by Crippen LogP contribution is -2.25. The molecule has 1 saturated carbocycles. The summed E-state index contributed by atoms with van der Waals surface area (Å²) in [6.45, 7) is 4.64. The number of carbonyl (C=O) groups is 1. The fourth-order valence-corrected chi connectivity index (χ4v) is 3.96. The molecule has 1 amide bonds. The van der Waals surface area contributed by atoms with Crippen LogP contribution in [0.1, 0.15) is 37.0 Å². The van der Waals surface area contributed by atoms with Gasteiger partial charge in [-0.15, -0.1) is 0 Å². The number of nitrogens with one attached hydrogen (secondary N) is 2. The molecule has 2 aromatic carbocycles. The zero-order valence-corrected chi connectivity index (χ0v) is 17.6. The topological polar surface area (TPSA) is 93.7 Å². The van der Waals surface area contributed by atoms with Crippen LogP contribution in [0, 0.1) is 5.92 Å². The van der Waals surface area contributed by atoms with Crippen molar-refractivity contribution >= 4 is 21.6 Å². The van der Waals surface area contributed by atoms with Crippen molar-refractivity contribution in [3.05, 3.63) is 48.0 Å². The molecule has 0 unspecified atom stereocenters. The van der Waals surface area contributed by atoms with Gasteiger partial charge in [-0.25, -0.2) is 13.1 Å². The molecule has 29 heavy (non-hydrogen) atoms. The first-order valence-corrected chi connectivity index (χ1v) is 11.0. The quantitative estimate of drug-likeness (QED) is 0.651. The number of ether oxygens (including phenoxy) is 2. The van der Waals surface area contributed by atoms with E-state index < -0.39 is 10.0 Å². The molecule has 1 fully saturated rings. The Morgan fingerprint density at radius 2 is 1.93 bits per heavy atom. The SMILES string of the molecule is COc1ccc(S(=O)(=O)NC2CC2)cc1NC(=O)c1cccc(OCC(C)C)c1. The van der Waals surface area contributed by atoms with Crippen LogP contribution >= 0.6 is 0 Å². The first-order valence-electron chi connectivity index (χ1n) is 9.53. The van der Waals surface area contributed by atoms with E-state index in [1.807, 2.05) is 13.8 Å². The smallest absolute Gasteiger partial charge is 0.255 e. The molecule has 0 aromatic heterocycles. The summed E-state index contributed by atoms with van der Waals surface area (Å²) in [5, 5.41) is 2.74. The van der Waals surface area contributed by atoms with E-state index in [2.05, 4.69) is 10.0 Å². The second kappa shape index (κ2) is 8.84. The van der Waals surface area contributed by atoms with E-state index in [4.69, 9.17) is 9.47 Å². The third kappa shape index (κ3) is 5.71. The van der Waals surface area contributed by atoms with Crippen LogP contribution in [0.25, 0.3) is 0 Å². The van der Waals surface area contributed by atoms with Crippen LogP contribution in [0.5, 0.6) is 11.5 Å². The molecule has 0 aliphatic heterocycles. The van der Waals surface area contributed by atoms with Gasteiger partial charge in [0.25, 0.3) is 5.91 Å². The van der Waals surface area contributed by atoms with Gasteiger partial charge in [0.1, 0.15) is 11.5 Å². The predicted octanol–water partition coefficient (Wildman–Crippen LogP) is 3.42. The van der Waals surface area contributed by atoms with Gasteiger partial charge in [-0.05, 0) is 55.2 Å². The molecule has 0 bridgehead atoms. The van der Waals surface area contributed by atoms with Gasteiger partial charge in [-0.1, -0.05) is 19.9 Å². The van der Waals surface area contributed by atoms with Crippen LogP contribution < -0.4 is 19.5 Å². The van der Waals surface area contributed by atoms with E-state index in [9.17, 15) is 13.2 Å². The first-order chi connectivity index (χ1) is 13.8. The maximum atomic E-state index is 12.7. The third-order valence-corrected chi connectivity index (χ3v) is 5.83. The highest BCUT2D eigenvalue weighted by Gasteiger charge is 2.28. The van der Waals surface area contributed by atoms with Gasteiger partial charge < -0.3 is 14.8 Å². The highest BCUT2D eigenvalue weighted by Crippen LogP contribution is 2.29. The fourth-order valence-electron chi connectivity index (χ4n) is 2.63. The number of methoxy groups -OCH3 is 1. The Bertz CT molecular complexity index is 984. The van der Waals surface area contributed by atoms with Crippen LogP contribution in [0.2, 0.25) is 0 Å². The lowest BCUT2D eigenvalue weighted by Gasteiger charge is -2.14. The van der Waals surface area contributed by atoms with Crippen LogP contribution in [-0.2, 0) is 10.0 Å². The van der Waals surface area contributed by atoms with Crippen molar-refractivity contribution in [3.63, 3.8) is 0 Å². The average Bonchev–Trinajstić information content (AvgIpc) is 3.49. The summed E-state index contributed by atoms with van der Waals surface area (Å²) in [7, 11) is -2.18. The van der Waals surface area contributed by atoms with Gasteiger partial charge in [0.15, 0.2) is 0 Å². The fraction of sp³-hybridized carbons (Fsp3) is 0.381. The summed E-state index contributed by atoms with van der Waals surface area (Å²) < 4.78 is 38.5. The van der Waals surface area contributed by atoms with Crippen molar-refractivity contribution in [2.45, 2.75) is 37.6 Å². The van der Waals surface area contributed by atoms with Crippen LogP contribution in [0.15, 0.2) is 47.4 Å². The molecule has 1 aliphatic rings. The number of anilines is 1. The zero-order valence-electron chi connectivity index (χ0n) is 16.8. The Morgan fingerprint density at radius 3 is 2.59 bits per heavy atom. The van der Waals surface area contributed by atoms with Gasteiger partial charge >= 0.3 is 0 Å². The number of hydrogen-bond acceptors (Lipinski definition) is 5. The summed E-state index contributed by atoms with van der Waals surface area (Å²) >= 11 is 0. The van der Waals surface area contributed by atoms with E-state index >= 15 is 0 Å². The number of sulfonamides is 1. The molecule has 2 aromatic rings. The number of carbonyl (C=O) groups excluding carboxylic acids is 1. The standard InChI is InChI=1S/C21H26N2O5S/c1-14(2)13-28-17-6-4-5-15(11-17)21(24)22-19-12-18(9-10-20(19)27-3)29(25,26)23-16-7-8-16/h4-6,9-12,14,16,23H,7-8,13H2,1-3H3,(H,22,24). The lowest BCUT2D eigenvalue weighted by molar-refractivity contribution is 0.102. The predicted molar refractivity (Wildman–Crippen MR) is 111 cm³/mol. The Kier molecular flexibility index (Phi) is 6.44. The average molecular weight is 419 g/mol. The summed E-state index contributed by atoms with van der Waals surface area (Å²) in [6, 6.07) is 11.2. The molecule has 0 heterocycles. The molecule has 7 nitrogen and oxygen atoms in total. The van der Waals surface area contributed by atoms with Crippen molar-refractivity contribution < 1.29 is 22.7 Å². The molecular weight excluding hydrogens is 392 g/mol. The van der Waals surface area contributed by atoms with Crippen molar-refractivity contribution in [2.24, 2.45) is 5.92 Å². The van der Waals surface area contributed by atoms with Crippen LogP contribution in [-0.4, -0.2) is 34.1 Å². The normalized spacial score (nSPS) is 13.9. The minimum atomic E-state index is -3.64. The molecule has 0 atom stereocenters. The van der Waals surface area contributed by atoms with Crippen molar-refractivity contribution in [2.75, 3.05) is 19.0 Å². The highest BCUT2D eigenvalue weighted by molar-refractivity contribution is 7.89. The molecule has 0 radical (unpaired) electrons. The first kappa shape index (κ1) is 21.1. The zero-order chi connectivity index (χ0) is 21.0. The Morgan fingerprint density at radius 1 is 1.17 bits per heavy atom. The summed E-state index contributed by atoms with van der Waals surface area (Å²) in [5.74, 6) is 0.952. The van der Waals surface area contributed by atoms with E-state index in [0.29, 0.717) is 29.6 Å². The van der Waals surface area contributed by atoms with Gasteiger partial charge in [0.05, 0.1) is 24.3 Å². The second-order valence-corrected chi connectivity index (χ2v) is 9.16. The summed E-state index contributed by atoms with van der Waals surface area (Å²) in [6.07, 6.45) is 1.68. The maximum absolute atomic E-state index is 12.7.